The molecule has 1 unspecified atom stereocenters. The number of benzene rings is 2. The molecule has 0 aliphatic heterocycles. The Hall–Kier alpha value is -2.18. The molecule has 0 aliphatic rings. The molecule has 2 aromatic carbocycles. The van der Waals surface area contributed by atoms with Gasteiger partial charge in [0.05, 0.1) is 4.90 Å². The number of carbonyl (C=O) groups excluding carboxylic acids is 1. The average molecular weight is 360 g/mol. The van der Waals surface area contributed by atoms with Crippen LogP contribution in [-0.4, -0.2) is 39.3 Å². The van der Waals surface area contributed by atoms with E-state index in [1.807, 2.05) is 18.2 Å². The molecule has 25 heavy (non-hydrogen) atoms. The van der Waals surface area contributed by atoms with Crippen LogP contribution in [0.2, 0.25) is 0 Å². The SMILES string of the molecule is CCC(CNC(=O)c1ccc(S(=O)(=O)N(C)C)cc1)c1ccccc1. The molecular formula is C19H24N2O3S. The van der Waals surface area contributed by atoms with Crippen molar-refractivity contribution in [3.63, 3.8) is 0 Å². The first-order chi connectivity index (χ1) is 11.9. The standard InChI is InChI=1S/C19H24N2O3S/c1-4-15(16-8-6-5-7-9-16)14-20-19(22)17-10-12-18(13-11-17)25(23,24)21(2)3/h5-13,15H,4,14H2,1-3H3,(H,20,22). The van der Waals surface area contributed by atoms with Crippen molar-refractivity contribution >= 4 is 15.9 Å². The summed E-state index contributed by atoms with van der Waals surface area (Å²) in [6.07, 6.45) is 0.921. The van der Waals surface area contributed by atoms with Crippen molar-refractivity contribution in [1.29, 1.82) is 0 Å². The van der Waals surface area contributed by atoms with Crippen LogP contribution in [0.5, 0.6) is 0 Å². The lowest BCUT2D eigenvalue weighted by atomic mass is 9.96. The lowest BCUT2D eigenvalue weighted by molar-refractivity contribution is 0.0951. The summed E-state index contributed by atoms with van der Waals surface area (Å²) in [6, 6.07) is 16.1. The predicted molar refractivity (Wildman–Crippen MR) is 99.1 cm³/mol. The summed E-state index contributed by atoms with van der Waals surface area (Å²) in [7, 11) is -0.530. The highest BCUT2D eigenvalue weighted by atomic mass is 32.2. The van der Waals surface area contributed by atoms with E-state index < -0.39 is 10.0 Å². The fourth-order valence-electron chi connectivity index (χ4n) is 2.53. The highest BCUT2D eigenvalue weighted by Crippen LogP contribution is 2.18. The van der Waals surface area contributed by atoms with E-state index >= 15 is 0 Å². The quantitative estimate of drug-likeness (QED) is 0.826. The van der Waals surface area contributed by atoms with E-state index in [2.05, 4.69) is 24.4 Å². The van der Waals surface area contributed by atoms with Gasteiger partial charge in [-0.2, -0.15) is 0 Å². The number of amides is 1. The Morgan fingerprint density at radius 1 is 1.04 bits per heavy atom. The maximum absolute atomic E-state index is 12.3. The largest absolute Gasteiger partial charge is 0.351 e. The van der Waals surface area contributed by atoms with Gasteiger partial charge in [0.15, 0.2) is 0 Å². The molecule has 0 aromatic heterocycles. The van der Waals surface area contributed by atoms with Crippen molar-refractivity contribution in [2.24, 2.45) is 0 Å². The van der Waals surface area contributed by atoms with E-state index in [9.17, 15) is 13.2 Å². The van der Waals surface area contributed by atoms with Crippen molar-refractivity contribution in [2.75, 3.05) is 20.6 Å². The van der Waals surface area contributed by atoms with Gasteiger partial charge in [0.2, 0.25) is 10.0 Å². The van der Waals surface area contributed by atoms with Crippen LogP contribution in [0.15, 0.2) is 59.5 Å². The first kappa shape index (κ1) is 19.1. The van der Waals surface area contributed by atoms with Gasteiger partial charge in [-0.1, -0.05) is 37.3 Å². The summed E-state index contributed by atoms with van der Waals surface area (Å²) >= 11 is 0. The van der Waals surface area contributed by atoms with Gasteiger partial charge < -0.3 is 5.32 Å². The second-order valence-electron chi connectivity index (χ2n) is 6.04. The van der Waals surface area contributed by atoms with Gasteiger partial charge >= 0.3 is 0 Å². The number of hydrogen-bond donors (Lipinski definition) is 1. The van der Waals surface area contributed by atoms with Crippen molar-refractivity contribution in [2.45, 2.75) is 24.2 Å². The molecule has 1 N–H and O–H groups in total. The first-order valence-corrected chi connectivity index (χ1v) is 9.66. The smallest absolute Gasteiger partial charge is 0.251 e. The molecule has 2 aromatic rings. The lowest BCUT2D eigenvalue weighted by Crippen LogP contribution is -2.28. The fraction of sp³-hybridized carbons (Fsp3) is 0.316. The second kappa shape index (κ2) is 8.27. The molecule has 5 nitrogen and oxygen atoms in total. The van der Waals surface area contributed by atoms with E-state index in [0.717, 1.165) is 10.7 Å². The topological polar surface area (TPSA) is 66.5 Å². The Kier molecular flexibility index (Phi) is 6.33. The minimum Gasteiger partial charge on any atom is -0.351 e. The summed E-state index contributed by atoms with van der Waals surface area (Å²) < 4.78 is 25.2. The fourth-order valence-corrected chi connectivity index (χ4v) is 3.43. The third kappa shape index (κ3) is 4.67. The lowest BCUT2D eigenvalue weighted by Gasteiger charge is -2.16. The molecule has 6 heteroatoms. The Balaban J connectivity index is 2.04. The molecule has 1 atom stereocenters. The third-order valence-corrected chi connectivity index (χ3v) is 6.00. The summed E-state index contributed by atoms with van der Waals surface area (Å²) in [5.74, 6) is 0.0433. The van der Waals surface area contributed by atoms with E-state index in [0.29, 0.717) is 12.1 Å². The van der Waals surface area contributed by atoms with Gasteiger partial charge in [0.25, 0.3) is 5.91 Å². The molecule has 0 bridgehead atoms. The molecule has 0 fully saturated rings. The zero-order chi connectivity index (χ0) is 18.4. The third-order valence-electron chi connectivity index (χ3n) is 4.17. The van der Waals surface area contributed by atoms with E-state index in [1.54, 1.807) is 0 Å². The first-order valence-electron chi connectivity index (χ1n) is 8.22. The molecule has 0 radical (unpaired) electrons. The van der Waals surface area contributed by atoms with Crippen LogP contribution < -0.4 is 5.32 Å². The maximum Gasteiger partial charge on any atom is 0.251 e. The molecule has 0 aliphatic carbocycles. The normalized spacial score (nSPS) is 12.8. The van der Waals surface area contributed by atoms with Gasteiger partial charge in [-0.15, -0.1) is 0 Å². The Morgan fingerprint density at radius 3 is 2.16 bits per heavy atom. The minimum atomic E-state index is -3.48. The number of rotatable bonds is 7. The molecule has 0 saturated heterocycles. The maximum atomic E-state index is 12.3. The minimum absolute atomic E-state index is 0.171. The zero-order valence-electron chi connectivity index (χ0n) is 14.8. The summed E-state index contributed by atoms with van der Waals surface area (Å²) in [5, 5.41) is 2.93. The van der Waals surface area contributed by atoms with E-state index in [4.69, 9.17) is 0 Å². The van der Waals surface area contributed by atoms with Gasteiger partial charge in [0, 0.05) is 32.1 Å². The monoisotopic (exact) mass is 360 g/mol. The van der Waals surface area contributed by atoms with Crippen LogP contribution in [0.1, 0.15) is 35.2 Å². The predicted octanol–water partition coefficient (Wildman–Crippen LogP) is 2.86. The van der Waals surface area contributed by atoms with Crippen LogP contribution in [-0.2, 0) is 10.0 Å². The number of nitrogens with zero attached hydrogens (tertiary/aromatic N) is 1. The van der Waals surface area contributed by atoms with Crippen molar-refractivity contribution in [3.05, 3.63) is 65.7 Å². The number of hydrogen-bond acceptors (Lipinski definition) is 3. The van der Waals surface area contributed by atoms with Gasteiger partial charge in [-0.3, -0.25) is 4.79 Å². The van der Waals surface area contributed by atoms with Crippen molar-refractivity contribution < 1.29 is 13.2 Å². The summed E-state index contributed by atoms with van der Waals surface area (Å²) in [6.45, 7) is 2.63. The van der Waals surface area contributed by atoms with Gasteiger partial charge in [-0.05, 0) is 36.2 Å². The van der Waals surface area contributed by atoms with Crippen LogP contribution >= 0.6 is 0 Å². The van der Waals surface area contributed by atoms with Crippen molar-refractivity contribution in [3.8, 4) is 0 Å². The number of carbonyl (C=O) groups is 1. The molecule has 134 valence electrons. The molecular weight excluding hydrogens is 336 g/mol. The average Bonchev–Trinajstić information content (AvgIpc) is 2.63. The van der Waals surface area contributed by atoms with E-state index in [-0.39, 0.29) is 16.7 Å². The van der Waals surface area contributed by atoms with Crippen LogP contribution in [0.4, 0.5) is 0 Å². The Morgan fingerprint density at radius 2 is 1.64 bits per heavy atom. The number of sulfonamides is 1. The van der Waals surface area contributed by atoms with Gasteiger partial charge in [-0.25, -0.2) is 12.7 Å². The van der Waals surface area contributed by atoms with Crippen LogP contribution in [0.3, 0.4) is 0 Å². The molecule has 1 amide bonds. The van der Waals surface area contributed by atoms with Crippen LogP contribution in [0.25, 0.3) is 0 Å². The van der Waals surface area contributed by atoms with Gasteiger partial charge in [0.1, 0.15) is 0 Å². The summed E-state index contributed by atoms with van der Waals surface area (Å²) in [5.41, 5.74) is 1.64. The molecule has 2 rings (SSSR count). The van der Waals surface area contributed by atoms with E-state index in [1.165, 1.54) is 43.9 Å². The second-order valence-corrected chi connectivity index (χ2v) is 8.19. The molecule has 0 spiro atoms. The summed E-state index contributed by atoms with van der Waals surface area (Å²) in [4.78, 5) is 12.5. The Labute approximate surface area is 149 Å². The number of nitrogens with one attached hydrogen (secondary N) is 1. The highest BCUT2D eigenvalue weighted by molar-refractivity contribution is 7.89. The zero-order valence-corrected chi connectivity index (χ0v) is 15.6. The molecule has 0 heterocycles. The van der Waals surface area contributed by atoms with Crippen molar-refractivity contribution in [1.82, 2.24) is 9.62 Å². The molecule has 0 saturated carbocycles. The highest BCUT2D eigenvalue weighted by Gasteiger charge is 2.18. The Bertz CT molecular complexity index is 800. The van der Waals surface area contributed by atoms with Crippen LogP contribution in [0, 0.1) is 0 Å².